The molecular weight excluding hydrogens is 282 g/mol. The molecule has 1 rings (SSSR count). The molecule has 0 aliphatic carbocycles. The number of nitrogens with one attached hydrogen (secondary N) is 1. The topological polar surface area (TPSA) is 93.4 Å². The van der Waals surface area contributed by atoms with Crippen molar-refractivity contribution in [1.82, 2.24) is 20.2 Å². The zero-order valence-corrected chi connectivity index (χ0v) is 12.7. The van der Waals surface area contributed by atoms with Gasteiger partial charge < -0.3 is 20.7 Å². The monoisotopic (exact) mass is 301 g/mol. The first-order valence-corrected chi connectivity index (χ1v) is 6.78. The number of methoxy groups -OCH3 is 1. The molecule has 0 fully saturated rings. The minimum atomic E-state index is -0.386. The lowest BCUT2D eigenvalue weighted by Crippen LogP contribution is -2.35. The second-order valence-corrected chi connectivity index (χ2v) is 4.40. The van der Waals surface area contributed by atoms with Crippen molar-refractivity contribution in [3.05, 3.63) is 10.8 Å². The quantitative estimate of drug-likeness (QED) is 0.773. The maximum Gasteiger partial charge on any atom is 0.275 e. The van der Waals surface area contributed by atoms with E-state index in [0.29, 0.717) is 6.54 Å². The molecule has 0 atom stereocenters. The van der Waals surface area contributed by atoms with E-state index in [1.807, 2.05) is 0 Å². The molecule has 1 aromatic heterocycles. The van der Waals surface area contributed by atoms with Crippen LogP contribution in [0.5, 0.6) is 5.88 Å². The van der Waals surface area contributed by atoms with Crippen molar-refractivity contribution in [2.75, 3.05) is 39.0 Å². The third kappa shape index (κ3) is 4.21. The predicted octanol–water partition coefficient (Wildman–Crippen LogP) is 0.792. The Morgan fingerprint density at radius 2 is 2.05 bits per heavy atom. The van der Waals surface area contributed by atoms with Gasteiger partial charge in [0.1, 0.15) is 0 Å². The highest BCUT2D eigenvalue weighted by molar-refractivity contribution is 6.31. The van der Waals surface area contributed by atoms with Gasteiger partial charge in [-0.2, -0.15) is 4.98 Å². The first-order chi connectivity index (χ1) is 9.53. The number of likely N-dealkylation sites (N-methyl/N-ethyl adjacent to an activating group) is 1. The van der Waals surface area contributed by atoms with Crippen molar-refractivity contribution in [3.63, 3.8) is 0 Å². The molecule has 0 saturated carbocycles. The molecule has 8 heteroatoms. The molecule has 0 radical (unpaired) electrons. The minimum Gasteiger partial charge on any atom is -0.479 e. The zero-order chi connectivity index (χ0) is 15.1. The smallest absolute Gasteiger partial charge is 0.275 e. The number of aromatic nitrogens is 2. The highest BCUT2D eigenvalue weighted by Gasteiger charge is 2.18. The molecular formula is C12H20ClN5O2. The van der Waals surface area contributed by atoms with Crippen molar-refractivity contribution in [2.45, 2.75) is 13.8 Å². The number of hydrogen-bond donors (Lipinski definition) is 2. The SMILES string of the molecule is CCN(CC)CCNC(=O)c1nc(Cl)c(N)nc1OC. The van der Waals surface area contributed by atoms with Gasteiger partial charge in [0, 0.05) is 13.1 Å². The molecule has 0 bridgehead atoms. The van der Waals surface area contributed by atoms with Crippen LogP contribution in [0.1, 0.15) is 24.3 Å². The van der Waals surface area contributed by atoms with Gasteiger partial charge in [-0.25, -0.2) is 4.98 Å². The van der Waals surface area contributed by atoms with E-state index in [2.05, 4.69) is 34.0 Å². The number of hydrogen-bond acceptors (Lipinski definition) is 6. The molecule has 112 valence electrons. The van der Waals surface area contributed by atoms with Gasteiger partial charge in [-0.1, -0.05) is 25.4 Å². The Hall–Kier alpha value is -1.60. The molecule has 1 aromatic rings. The van der Waals surface area contributed by atoms with Crippen molar-refractivity contribution in [2.24, 2.45) is 0 Å². The predicted molar refractivity (Wildman–Crippen MR) is 78.1 cm³/mol. The summed E-state index contributed by atoms with van der Waals surface area (Å²) < 4.78 is 4.99. The summed E-state index contributed by atoms with van der Waals surface area (Å²) in [6.45, 7) is 7.27. The lowest BCUT2D eigenvalue weighted by molar-refractivity contribution is 0.0940. The first-order valence-electron chi connectivity index (χ1n) is 6.41. The van der Waals surface area contributed by atoms with Crippen LogP contribution < -0.4 is 15.8 Å². The largest absolute Gasteiger partial charge is 0.479 e. The number of carbonyl (C=O) groups excluding carboxylic acids is 1. The molecule has 20 heavy (non-hydrogen) atoms. The second-order valence-electron chi connectivity index (χ2n) is 4.04. The van der Waals surface area contributed by atoms with Gasteiger partial charge in [0.25, 0.3) is 5.91 Å². The number of halogens is 1. The Kier molecular flexibility index (Phi) is 6.47. The summed E-state index contributed by atoms with van der Waals surface area (Å²) in [5, 5.41) is 2.74. The molecule has 7 nitrogen and oxygen atoms in total. The molecule has 0 unspecified atom stereocenters. The van der Waals surface area contributed by atoms with Gasteiger partial charge in [-0.3, -0.25) is 4.79 Å². The molecule has 0 aliphatic rings. The number of nitrogens with zero attached hydrogens (tertiary/aromatic N) is 3. The number of anilines is 1. The Labute approximate surface area is 123 Å². The molecule has 0 aliphatic heterocycles. The summed E-state index contributed by atoms with van der Waals surface area (Å²) in [4.78, 5) is 22.0. The molecule has 3 N–H and O–H groups in total. The van der Waals surface area contributed by atoms with E-state index in [1.165, 1.54) is 7.11 Å². The van der Waals surface area contributed by atoms with E-state index in [9.17, 15) is 4.79 Å². The zero-order valence-electron chi connectivity index (χ0n) is 11.9. The van der Waals surface area contributed by atoms with E-state index < -0.39 is 0 Å². The van der Waals surface area contributed by atoms with Gasteiger partial charge in [0.05, 0.1) is 7.11 Å². The van der Waals surface area contributed by atoms with E-state index in [1.54, 1.807) is 0 Å². The Balaban J connectivity index is 2.70. The van der Waals surface area contributed by atoms with E-state index >= 15 is 0 Å². The van der Waals surface area contributed by atoms with Crippen LogP contribution >= 0.6 is 11.6 Å². The van der Waals surface area contributed by atoms with Crippen molar-refractivity contribution in [1.29, 1.82) is 0 Å². The van der Waals surface area contributed by atoms with Gasteiger partial charge in [-0.15, -0.1) is 0 Å². The number of nitrogen functional groups attached to an aromatic ring is 1. The summed E-state index contributed by atoms with van der Waals surface area (Å²) in [5.41, 5.74) is 5.55. The van der Waals surface area contributed by atoms with Crippen LogP contribution in [0.3, 0.4) is 0 Å². The van der Waals surface area contributed by atoms with Gasteiger partial charge in [0.15, 0.2) is 16.7 Å². The second kappa shape index (κ2) is 7.86. The standard InChI is InChI=1S/C12H20ClN5O2/c1-4-18(5-2)7-6-15-11(19)8-12(20-3)17-10(14)9(13)16-8/h4-7H2,1-3H3,(H2,14,17)(H,15,19). The van der Waals surface area contributed by atoms with Gasteiger partial charge in [0.2, 0.25) is 5.88 Å². The number of rotatable bonds is 7. The third-order valence-electron chi connectivity index (χ3n) is 2.86. The maximum atomic E-state index is 12.0. The van der Waals surface area contributed by atoms with Crippen LogP contribution in [-0.2, 0) is 0 Å². The molecule has 1 amide bonds. The molecule has 1 heterocycles. The number of amides is 1. The van der Waals surface area contributed by atoms with E-state index in [0.717, 1.165) is 19.6 Å². The fourth-order valence-corrected chi connectivity index (χ4v) is 1.78. The Morgan fingerprint density at radius 3 is 2.60 bits per heavy atom. The van der Waals surface area contributed by atoms with E-state index in [-0.39, 0.29) is 28.5 Å². The summed E-state index contributed by atoms with van der Waals surface area (Å²) >= 11 is 5.77. The summed E-state index contributed by atoms with van der Waals surface area (Å²) in [5.74, 6) is -0.293. The summed E-state index contributed by atoms with van der Waals surface area (Å²) in [6.07, 6.45) is 0. The highest BCUT2D eigenvalue weighted by atomic mass is 35.5. The van der Waals surface area contributed by atoms with Crippen LogP contribution in [0, 0.1) is 0 Å². The van der Waals surface area contributed by atoms with E-state index in [4.69, 9.17) is 22.1 Å². The van der Waals surface area contributed by atoms with Crippen LogP contribution in [0.4, 0.5) is 5.82 Å². The van der Waals surface area contributed by atoms with Gasteiger partial charge >= 0.3 is 0 Å². The van der Waals surface area contributed by atoms with Crippen molar-refractivity contribution in [3.8, 4) is 5.88 Å². The fourth-order valence-electron chi connectivity index (χ4n) is 1.65. The average molecular weight is 302 g/mol. The van der Waals surface area contributed by atoms with Gasteiger partial charge in [-0.05, 0) is 13.1 Å². The summed E-state index contributed by atoms with van der Waals surface area (Å²) in [7, 11) is 1.39. The van der Waals surface area contributed by atoms with Crippen molar-refractivity contribution < 1.29 is 9.53 Å². The first kappa shape index (κ1) is 16.5. The number of carbonyl (C=O) groups is 1. The van der Waals surface area contributed by atoms with Crippen LogP contribution in [-0.4, -0.2) is 54.1 Å². The highest BCUT2D eigenvalue weighted by Crippen LogP contribution is 2.20. The van der Waals surface area contributed by atoms with Crippen molar-refractivity contribution >= 4 is 23.3 Å². The minimum absolute atomic E-state index is 0.0142. The lowest BCUT2D eigenvalue weighted by Gasteiger charge is -2.18. The molecule has 0 aromatic carbocycles. The Bertz CT molecular complexity index is 465. The normalized spacial score (nSPS) is 10.7. The Morgan fingerprint density at radius 1 is 1.40 bits per heavy atom. The fraction of sp³-hybridized carbons (Fsp3) is 0.583. The average Bonchev–Trinajstić information content (AvgIpc) is 2.45. The third-order valence-corrected chi connectivity index (χ3v) is 3.14. The van der Waals surface area contributed by atoms with Crippen LogP contribution in [0.2, 0.25) is 5.15 Å². The number of nitrogens with two attached hydrogens (primary N) is 1. The molecule has 0 saturated heterocycles. The maximum absolute atomic E-state index is 12.0. The van der Waals surface area contributed by atoms with Crippen LogP contribution in [0.15, 0.2) is 0 Å². The molecule has 0 spiro atoms. The van der Waals surface area contributed by atoms with Crippen LogP contribution in [0.25, 0.3) is 0 Å². The number of ether oxygens (including phenoxy) is 1. The summed E-state index contributed by atoms with van der Waals surface area (Å²) in [6, 6.07) is 0. The lowest BCUT2D eigenvalue weighted by atomic mass is 10.3.